The third-order valence-electron chi connectivity index (χ3n) is 2.62. The number of halogens is 1. The molecule has 0 aliphatic heterocycles. The second-order valence-corrected chi connectivity index (χ2v) is 4.95. The van der Waals surface area contributed by atoms with Crippen molar-refractivity contribution in [1.29, 1.82) is 0 Å². The molecule has 1 aromatic heterocycles. The number of nitrogens with two attached hydrogens (primary N) is 1. The lowest BCUT2D eigenvalue weighted by molar-refractivity contribution is 0.311. The third kappa shape index (κ3) is 2.48. The van der Waals surface area contributed by atoms with Gasteiger partial charge in [-0.25, -0.2) is 0 Å². The van der Waals surface area contributed by atoms with Crippen molar-refractivity contribution in [3.63, 3.8) is 0 Å². The van der Waals surface area contributed by atoms with Gasteiger partial charge in [0.05, 0.1) is 5.41 Å². The molecule has 0 radical (unpaired) electrons. The first-order chi connectivity index (χ1) is 8.03. The molecule has 2 N–H and O–H groups in total. The van der Waals surface area contributed by atoms with Gasteiger partial charge in [-0.3, -0.25) is 0 Å². The largest absolute Gasteiger partial charge is 0.338 e. The van der Waals surface area contributed by atoms with E-state index in [2.05, 4.69) is 10.1 Å². The summed E-state index contributed by atoms with van der Waals surface area (Å²) in [5, 5.41) is 4.63. The molecule has 1 aromatic carbocycles. The van der Waals surface area contributed by atoms with Crippen molar-refractivity contribution in [3.8, 4) is 11.4 Å². The zero-order valence-corrected chi connectivity index (χ0v) is 10.5. The summed E-state index contributed by atoms with van der Waals surface area (Å²) >= 11 is 5.82. The minimum absolute atomic E-state index is 0.308. The Morgan fingerprint density at radius 2 is 1.94 bits per heavy atom. The van der Waals surface area contributed by atoms with E-state index < -0.39 is 0 Å². The normalized spacial score (nSPS) is 11.8. The van der Waals surface area contributed by atoms with E-state index in [1.807, 2.05) is 26.0 Å². The average molecular weight is 252 g/mol. The predicted molar refractivity (Wildman–Crippen MR) is 66.8 cm³/mol. The molecule has 2 aromatic rings. The van der Waals surface area contributed by atoms with E-state index in [0.717, 1.165) is 5.56 Å². The Hall–Kier alpha value is -1.39. The Bertz CT molecular complexity index is 505. The van der Waals surface area contributed by atoms with Gasteiger partial charge in [-0.15, -0.1) is 0 Å². The van der Waals surface area contributed by atoms with Crippen LogP contribution < -0.4 is 5.73 Å². The van der Waals surface area contributed by atoms with E-state index >= 15 is 0 Å². The van der Waals surface area contributed by atoms with Gasteiger partial charge in [-0.2, -0.15) is 4.98 Å². The summed E-state index contributed by atoms with van der Waals surface area (Å²) in [4.78, 5) is 4.35. The number of benzene rings is 1. The Labute approximate surface area is 105 Å². The quantitative estimate of drug-likeness (QED) is 0.911. The van der Waals surface area contributed by atoms with Crippen LogP contribution in [0.15, 0.2) is 28.8 Å². The Balaban J connectivity index is 2.33. The molecular weight excluding hydrogens is 238 g/mol. The zero-order chi connectivity index (χ0) is 12.5. The van der Waals surface area contributed by atoms with Gasteiger partial charge in [0, 0.05) is 17.1 Å². The molecule has 90 valence electrons. The highest BCUT2D eigenvalue weighted by Crippen LogP contribution is 2.24. The molecule has 5 heteroatoms. The summed E-state index contributed by atoms with van der Waals surface area (Å²) in [6.07, 6.45) is 0. The number of hydrogen-bond donors (Lipinski definition) is 1. The van der Waals surface area contributed by atoms with Gasteiger partial charge in [-0.1, -0.05) is 16.8 Å². The predicted octanol–water partition coefficient (Wildman–Crippen LogP) is 2.63. The summed E-state index contributed by atoms with van der Waals surface area (Å²) in [6.45, 7) is 4.38. The first kappa shape index (κ1) is 12.1. The standard InChI is InChI=1S/C12H14ClN3O/c1-12(2,7-14)11-15-10(16-17-11)8-3-5-9(13)6-4-8/h3-6H,7,14H2,1-2H3. The summed E-state index contributed by atoms with van der Waals surface area (Å²) < 4.78 is 5.23. The molecule has 2 rings (SSSR count). The summed E-state index contributed by atoms with van der Waals surface area (Å²) in [6, 6.07) is 7.29. The van der Waals surface area contributed by atoms with Gasteiger partial charge in [0.15, 0.2) is 0 Å². The second kappa shape index (κ2) is 4.47. The van der Waals surface area contributed by atoms with Crippen LogP contribution in [0.5, 0.6) is 0 Å². The van der Waals surface area contributed by atoms with Crippen LogP contribution in [-0.4, -0.2) is 16.7 Å². The monoisotopic (exact) mass is 251 g/mol. The molecular formula is C12H14ClN3O. The minimum Gasteiger partial charge on any atom is -0.338 e. The Morgan fingerprint density at radius 3 is 2.53 bits per heavy atom. The van der Waals surface area contributed by atoms with Gasteiger partial charge in [0.2, 0.25) is 11.7 Å². The van der Waals surface area contributed by atoms with Crippen LogP contribution in [0.25, 0.3) is 11.4 Å². The van der Waals surface area contributed by atoms with Crippen LogP contribution in [0, 0.1) is 0 Å². The van der Waals surface area contributed by atoms with Crippen molar-refractivity contribution >= 4 is 11.6 Å². The van der Waals surface area contributed by atoms with Crippen molar-refractivity contribution in [2.45, 2.75) is 19.3 Å². The van der Waals surface area contributed by atoms with E-state index in [1.165, 1.54) is 0 Å². The Morgan fingerprint density at radius 1 is 1.29 bits per heavy atom. The lowest BCUT2D eigenvalue weighted by Gasteiger charge is -2.15. The second-order valence-electron chi connectivity index (χ2n) is 4.52. The fourth-order valence-electron chi connectivity index (χ4n) is 1.30. The summed E-state index contributed by atoms with van der Waals surface area (Å²) in [5.74, 6) is 1.10. The molecule has 0 bridgehead atoms. The minimum atomic E-state index is -0.308. The number of rotatable bonds is 3. The van der Waals surface area contributed by atoms with Crippen LogP contribution in [0.1, 0.15) is 19.7 Å². The smallest absolute Gasteiger partial charge is 0.233 e. The van der Waals surface area contributed by atoms with Crippen molar-refractivity contribution in [2.75, 3.05) is 6.54 Å². The maximum atomic E-state index is 5.82. The van der Waals surface area contributed by atoms with Crippen molar-refractivity contribution in [3.05, 3.63) is 35.2 Å². The van der Waals surface area contributed by atoms with Crippen LogP contribution >= 0.6 is 11.6 Å². The third-order valence-corrected chi connectivity index (χ3v) is 2.87. The van der Waals surface area contributed by atoms with E-state index in [4.69, 9.17) is 21.9 Å². The van der Waals surface area contributed by atoms with Crippen LogP contribution in [-0.2, 0) is 5.41 Å². The summed E-state index contributed by atoms with van der Waals surface area (Å²) in [5.41, 5.74) is 6.23. The van der Waals surface area contributed by atoms with Gasteiger partial charge < -0.3 is 10.3 Å². The van der Waals surface area contributed by atoms with Crippen LogP contribution in [0.2, 0.25) is 5.02 Å². The molecule has 0 saturated heterocycles. The molecule has 1 heterocycles. The van der Waals surface area contributed by atoms with E-state index in [9.17, 15) is 0 Å². The lowest BCUT2D eigenvalue weighted by Crippen LogP contribution is -2.28. The fourth-order valence-corrected chi connectivity index (χ4v) is 1.43. The molecule has 0 saturated carbocycles. The molecule has 4 nitrogen and oxygen atoms in total. The number of aromatic nitrogens is 2. The van der Waals surface area contributed by atoms with Crippen molar-refractivity contribution in [2.24, 2.45) is 5.73 Å². The SMILES string of the molecule is CC(C)(CN)c1nc(-c2ccc(Cl)cc2)no1. The average Bonchev–Trinajstić information content (AvgIpc) is 2.80. The molecule has 0 aliphatic carbocycles. The molecule has 17 heavy (non-hydrogen) atoms. The first-order valence-corrected chi connectivity index (χ1v) is 5.71. The molecule has 0 amide bonds. The molecule has 0 unspecified atom stereocenters. The number of nitrogens with zero attached hydrogens (tertiary/aromatic N) is 2. The van der Waals surface area contributed by atoms with Gasteiger partial charge in [0.25, 0.3) is 0 Å². The summed E-state index contributed by atoms with van der Waals surface area (Å²) in [7, 11) is 0. The molecule has 0 fully saturated rings. The topological polar surface area (TPSA) is 64.9 Å². The van der Waals surface area contributed by atoms with Gasteiger partial charge >= 0.3 is 0 Å². The maximum Gasteiger partial charge on any atom is 0.233 e. The highest BCUT2D eigenvalue weighted by molar-refractivity contribution is 6.30. The molecule has 0 spiro atoms. The van der Waals surface area contributed by atoms with Gasteiger partial charge in [0.1, 0.15) is 0 Å². The maximum absolute atomic E-state index is 5.82. The fraction of sp³-hybridized carbons (Fsp3) is 0.333. The number of hydrogen-bond acceptors (Lipinski definition) is 4. The highest BCUT2D eigenvalue weighted by atomic mass is 35.5. The lowest BCUT2D eigenvalue weighted by atomic mass is 9.94. The van der Waals surface area contributed by atoms with Crippen molar-refractivity contribution < 1.29 is 4.52 Å². The van der Waals surface area contributed by atoms with Crippen LogP contribution in [0.4, 0.5) is 0 Å². The van der Waals surface area contributed by atoms with E-state index in [1.54, 1.807) is 12.1 Å². The Kier molecular flexibility index (Phi) is 3.17. The van der Waals surface area contributed by atoms with Crippen LogP contribution in [0.3, 0.4) is 0 Å². The highest BCUT2D eigenvalue weighted by Gasteiger charge is 2.26. The van der Waals surface area contributed by atoms with Gasteiger partial charge in [-0.05, 0) is 38.1 Å². The van der Waals surface area contributed by atoms with E-state index in [-0.39, 0.29) is 5.41 Å². The molecule has 0 atom stereocenters. The van der Waals surface area contributed by atoms with E-state index in [0.29, 0.717) is 23.3 Å². The molecule has 0 aliphatic rings. The first-order valence-electron chi connectivity index (χ1n) is 5.33. The zero-order valence-electron chi connectivity index (χ0n) is 9.77. The van der Waals surface area contributed by atoms with Crippen molar-refractivity contribution in [1.82, 2.24) is 10.1 Å².